The smallest absolute Gasteiger partial charge is 0.193 e. The highest BCUT2D eigenvalue weighted by molar-refractivity contribution is 5.75. The lowest BCUT2D eigenvalue weighted by atomic mass is 10.1. The maximum Gasteiger partial charge on any atom is 0.193 e. The fraction of sp³-hybridized carbons (Fsp3) is 0. The topological polar surface area (TPSA) is 43.1 Å². The van der Waals surface area contributed by atoms with Gasteiger partial charge in [-0.25, -0.2) is 8.78 Å². The molecule has 0 saturated carbocycles. The Kier molecular flexibility index (Phi) is 2.60. The van der Waals surface area contributed by atoms with Crippen molar-refractivity contribution in [1.82, 2.24) is 0 Å². The summed E-state index contributed by atoms with van der Waals surface area (Å²) >= 11 is 0. The second kappa shape index (κ2) is 3.68. The van der Waals surface area contributed by atoms with E-state index in [-0.39, 0.29) is 11.3 Å². The quantitative estimate of drug-likeness (QED) is 0.370. The van der Waals surface area contributed by atoms with E-state index in [4.69, 9.17) is 5.73 Å². The predicted octanol–water partition coefficient (Wildman–Crippen LogP) is 1.10. The molecule has 0 heterocycles. The number of hydrogen-bond acceptors (Lipinski definition) is 2. The third kappa shape index (κ3) is 2.03. The Morgan fingerprint density at radius 1 is 1.38 bits per heavy atom. The van der Waals surface area contributed by atoms with Crippen molar-refractivity contribution < 1.29 is 13.6 Å². The molecule has 0 bridgehead atoms. The van der Waals surface area contributed by atoms with Gasteiger partial charge >= 0.3 is 0 Å². The van der Waals surface area contributed by atoms with Crippen molar-refractivity contribution in [2.75, 3.05) is 5.73 Å². The maximum absolute atomic E-state index is 12.9. The summed E-state index contributed by atoms with van der Waals surface area (Å²) in [6, 6.07) is 1.60. The standard InChI is InChI=1S/C9H5F2NO/c10-6-4-8(11)7(2-1-3-13)9(12)5-6/h3-5H,12H2. The van der Waals surface area contributed by atoms with Crippen LogP contribution >= 0.6 is 0 Å². The molecule has 1 rings (SSSR count). The summed E-state index contributed by atoms with van der Waals surface area (Å²) in [5.41, 5.74) is 4.99. The lowest BCUT2D eigenvalue weighted by molar-refractivity contribution is -0.103. The first kappa shape index (κ1) is 9.20. The first-order valence-corrected chi connectivity index (χ1v) is 3.35. The number of anilines is 1. The third-order valence-corrected chi connectivity index (χ3v) is 1.34. The van der Waals surface area contributed by atoms with Crippen molar-refractivity contribution in [3.63, 3.8) is 0 Å². The molecule has 2 N–H and O–H groups in total. The molecule has 0 saturated heterocycles. The normalized spacial score (nSPS) is 8.77. The number of carbonyl (C=O) groups excluding carboxylic acids is 1. The number of hydrogen-bond donors (Lipinski definition) is 1. The van der Waals surface area contributed by atoms with Gasteiger partial charge in [-0.15, -0.1) is 0 Å². The molecule has 0 aliphatic heterocycles. The molecule has 4 heteroatoms. The van der Waals surface area contributed by atoms with Crippen LogP contribution in [0.2, 0.25) is 0 Å². The fourth-order valence-corrected chi connectivity index (χ4v) is 0.827. The number of carbonyl (C=O) groups is 1. The molecule has 0 spiro atoms. The molecule has 1 aromatic carbocycles. The summed E-state index contributed by atoms with van der Waals surface area (Å²) in [6.45, 7) is 0. The van der Waals surface area contributed by atoms with E-state index in [1.54, 1.807) is 0 Å². The zero-order valence-electron chi connectivity index (χ0n) is 6.47. The molecule has 0 aromatic heterocycles. The lowest BCUT2D eigenvalue weighted by Gasteiger charge is -1.99. The molecule has 0 amide bonds. The number of aldehydes is 1. The van der Waals surface area contributed by atoms with Gasteiger partial charge in [0.2, 0.25) is 0 Å². The van der Waals surface area contributed by atoms with Gasteiger partial charge in [0.05, 0.1) is 11.3 Å². The largest absolute Gasteiger partial charge is 0.398 e. The van der Waals surface area contributed by atoms with E-state index >= 15 is 0 Å². The van der Waals surface area contributed by atoms with Crippen LogP contribution < -0.4 is 5.73 Å². The molecular formula is C9H5F2NO. The van der Waals surface area contributed by atoms with Crippen LogP contribution in [-0.2, 0) is 4.79 Å². The van der Waals surface area contributed by atoms with Crippen molar-refractivity contribution in [3.8, 4) is 11.8 Å². The number of nitrogen functional groups attached to an aromatic ring is 1. The van der Waals surface area contributed by atoms with Crippen LogP contribution in [-0.4, -0.2) is 6.29 Å². The molecule has 0 aliphatic rings. The van der Waals surface area contributed by atoms with E-state index in [2.05, 4.69) is 5.92 Å². The second-order valence-corrected chi connectivity index (χ2v) is 2.24. The Hall–Kier alpha value is -1.89. The Morgan fingerprint density at radius 3 is 2.62 bits per heavy atom. The Balaban J connectivity index is 3.28. The highest BCUT2D eigenvalue weighted by atomic mass is 19.1. The van der Waals surface area contributed by atoms with Crippen LogP contribution in [0.4, 0.5) is 14.5 Å². The SMILES string of the molecule is Nc1cc(F)cc(F)c1C#CC=O. The van der Waals surface area contributed by atoms with E-state index in [9.17, 15) is 13.6 Å². The average Bonchev–Trinajstić information content (AvgIpc) is 2.02. The molecule has 0 radical (unpaired) electrons. The number of nitrogens with two attached hydrogens (primary N) is 1. The summed E-state index contributed by atoms with van der Waals surface area (Å²) in [6.07, 6.45) is 0.308. The van der Waals surface area contributed by atoms with Crippen molar-refractivity contribution in [2.45, 2.75) is 0 Å². The van der Waals surface area contributed by atoms with Gasteiger partial charge in [0.15, 0.2) is 6.29 Å². The van der Waals surface area contributed by atoms with Crippen LogP contribution in [0.25, 0.3) is 0 Å². The molecule has 66 valence electrons. The summed E-state index contributed by atoms with van der Waals surface area (Å²) < 4.78 is 25.4. The van der Waals surface area contributed by atoms with Crippen LogP contribution in [0, 0.1) is 23.5 Å². The number of halogens is 2. The Labute approximate surface area is 73.4 Å². The number of benzene rings is 1. The second-order valence-electron chi connectivity index (χ2n) is 2.24. The van der Waals surface area contributed by atoms with Gasteiger partial charge in [0.25, 0.3) is 0 Å². The highest BCUT2D eigenvalue weighted by Crippen LogP contribution is 2.16. The van der Waals surface area contributed by atoms with Gasteiger partial charge < -0.3 is 5.73 Å². The van der Waals surface area contributed by atoms with Crippen molar-refractivity contribution in [2.24, 2.45) is 0 Å². The van der Waals surface area contributed by atoms with Gasteiger partial charge in [-0.05, 0) is 12.0 Å². The average molecular weight is 181 g/mol. The molecule has 0 unspecified atom stereocenters. The zero-order chi connectivity index (χ0) is 9.84. The van der Waals surface area contributed by atoms with E-state index in [0.717, 1.165) is 6.07 Å². The minimum absolute atomic E-state index is 0.119. The van der Waals surface area contributed by atoms with Gasteiger partial charge in [0, 0.05) is 6.07 Å². The fourth-order valence-electron chi connectivity index (χ4n) is 0.827. The first-order chi connectivity index (χ1) is 6.15. The summed E-state index contributed by atoms with van der Waals surface area (Å²) in [7, 11) is 0. The van der Waals surface area contributed by atoms with E-state index in [0.29, 0.717) is 12.4 Å². The van der Waals surface area contributed by atoms with Crippen LogP contribution in [0.5, 0.6) is 0 Å². The minimum atomic E-state index is -0.869. The Morgan fingerprint density at radius 2 is 2.08 bits per heavy atom. The zero-order valence-corrected chi connectivity index (χ0v) is 6.47. The molecule has 2 nitrogen and oxygen atoms in total. The van der Waals surface area contributed by atoms with E-state index in [1.165, 1.54) is 0 Å². The van der Waals surface area contributed by atoms with Crippen LogP contribution in [0.1, 0.15) is 5.56 Å². The van der Waals surface area contributed by atoms with E-state index < -0.39 is 11.6 Å². The predicted molar refractivity (Wildman–Crippen MR) is 43.7 cm³/mol. The highest BCUT2D eigenvalue weighted by Gasteiger charge is 2.05. The molecule has 0 fully saturated rings. The Bertz CT molecular complexity index is 381. The van der Waals surface area contributed by atoms with E-state index in [1.807, 2.05) is 5.92 Å². The van der Waals surface area contributed by atoms with Crippen molar-refractivity contribution >= 4 is 12.0 Å². The van der Waals surface area contributed by atoms with Gasteiger partial charge in [-0.1, -0.05) is 5.92 Å². The van der Waals surface area contributed by atoms with Crippen LogP contribution in [0.15, 0.2) is 12.1 Å². The summed E-state index contributed by atoms with van der Waals surface area (Å²) in [5, 5.41) is 0. The van der Waals surface area contributed by atoms with Gasteiger partial charge in [-0.3, -0.25) is 4.79 Å². The maximum atomic E-state index is 12.9. The van der Waals surface area contributed by atoms with Crippen molar-refractivity contribution in [3.05, 3.63) is 29.3 Å². The molecule has 13 heavy (non-hydrogen) atoms. The van der Waals surface area contributed by atoms with Gasteiger partial charge in [-0.2, -0.15) is 0 Å². The molecule has 1 aromatic rings. The molecular weight excluding hydrogens is 176 g/mol. The number of rotatable bonds is 0. The van der Waals surface area contributed by atoms with Gasteiger partial charge in [0.1, 0.15) is 11.6 Å². The molecule has 0 aliphatic carbocycles. The summed E-state index contributed by atoms with van der Waals surface area (Å²) in [5.74, 6) is 2.53. The summed E-state index contributed by atoms with van der Waals surface area (Å²) in [4.78, 5) is 9.86. The lowest BCUT2D eigenvalue weighted by Crippen LogP contribution is -1.95. The van der Waals surface area contributed by atoms with Crippen LogP contribution in [0.3, 0.4) is 0 Å². The minimum Gasteiger partial charge on any atom is -0.398 e. The monoisotopic (exact) mass is 181 g/mol. The van der Waals surface area contributed by atoms with Crippen molar-refractivity contribution in [1.29, 1.82) is 0 Å². The first-order valence-electron chi connectivity index (χ1n) is 3.35. The molecule has 0 atom stereocenters. The third-order valence-electron chi connectivity index (χ3n) is 1.34.